The van der Waals surface area contributed by atoms with E-state index in [1.807, 2.05) is 0 Å². The summed E-state index contributed by atoms with van der Waals surface area (Å²) in [7, 11) is 7.33. The Hall–Kier alpha value is -1.34. The van der Waals surface area contributed by atoms with Gasteiger partial charge in [0.2, 0.25) is 0 Å². The van der Waals surface area contributed by atoms with Crippen molar-refractivity contribution in [1.29, 1.82) is 0 Å². The maximum absolute atomic E-state index is 7.33. The molecule has 0 nitrogen and oxygen atoms in total. The Bertz CT molecular complexity index is 609. The summed E-state index contributed by atoms with van der Waals surface area (Å²) in [4.78, 5) is 0. The molecular weight excluding hydrogens is 336 g/mol. The van der Waals surface area contributed by atoms with E-state index in [4.69, 9.17) is 9.30 Å². The van der Waals surface area contributed by atoms with E-state index in [1.165, 1.54) is 16.7 Å². The van der Waals surface area contributed by atoms with Crippen LogP contribution in [0.3, 0.4) is 0 Å². The van der Waals surface area contributed by atoms with Crippen LogP contribution < -0.4 is 0 Å². The van der Waals surface area contributed by atoms with Crippen LogP contribution in [0, 0.1) is 0 Å². The van der Waals surface area contributed by atoms with Crippen molar-refractivity contribution in [3.8, 4) is 0 Å². The van der Waals surface area contributed by atoms with Crippen molar-refractivity contribution in [3.63, 3.8) is 0 Å². The van der Waals surface area contributed by atoms with E-state index in [9.17, 15) is 0 Å². The molecule has 0 N–H and O–H groups in total. The Morgan fingerprint density at radius 2 is 0.739 bits per heavy atom. The molecule has 3 aromatic rings. The van der Waals surface area contributed by atoms with Crippen LogP contribution >= 0.6 is 9.30 Å². The first kappa shape index (κ1) is 16.5. The summed E-state index contributed by atoms with van der Waals surface area (Å²) >= 11 is -2.59. The van der Waals surface area contributed by atoms with Gasteiger partial charge in [0.15, 0.2) is 0 Å². The number of benzene rings is 3. The average Bonchev–Trinajstić information content (AvgIpc) is 2.57. The van der Waals surface area contributed by atoms with E-state index in [2.05, 4.69) is 91.0 Å². The van der Waals surface area contributed by atoms with Crippen LogP contribution in [0.15, 0.2) is 91.0 Å². The molecule has 0 aliphatic heterocycles. The molecule has 0 aliphatic rings. The van der Waals surface area contributed by atoms with Gasteiger partial charge in [0.05, 0.1) is 0 Å². The van der Waals surface area contributed by atoms with Crippen LogP contribution in [0.5, 0.6) is 0 Å². The molecule has 0 saturated heterocycles. The van der Waals surface area contributed by atoms with Gasteiger partial charge in [-0.3, -0.25) is 0 Å². The van der Waals surface area contributed by atoms with Crippen LogP contribution in [0.4, 0.5) is 0 Å². The predicted molar refractivity (Wildman–Crippen MR) is 96.3 cm³/mol. The van der Waals surface area contributed by atoms with Crippen LogP contribution in [0.1, 0.15) is 16.7 Å². The van der Waals surface area contributed by atoms with Gasteiger partial charge in [0.1, 0.15) is 0 Å². The second-order valence-electron chi connectivity index (χ2n) is 6.14. The fourth-order valence-electron chi connectivity index (χ4n) is 3.07. The number of halogens is 1. The molecule has 0 amide bonds. The van der Waals surface area contributed by atoms with Gasteiger partial charge in [0, 0.05) is 0 Å². The van der Waals surface area contributed by atoms with Crippen molar-refractivity contribution >= 4 is 9.30 Å². The Morgan fingerprint density at radius 1 is 0.478 bits per heavy atom. The molecule has 116 valence electrons. The topological polar surface area (TPSA) is 0 Å². The molecule has 0 radical (unpaired) electrons. The molecule has 0 unspecified atom stereocenters. The Kier molecular flexibility index (Phi) is 5.72. The molecule has 0 spiro atoms. The Morgan fingerprint density at radius 3 is 1.00 bits per heavy atom. The maximum atomic E-state index is 7.33. The second-order valence-corrected chi connectivity index (χ2v) is 14.7. The summed E-state index contributed by atoms with van der Waals surface area (Å²) in [6, 6.07) is 32.1. The zero-order valence-electron chi connectivity index (χ0n) is 13.2. The van der Waals surface area contributed by atoms with E-state index < -0.39 is 15.5 Å². The minimum atomic E-state index is -2.59. The van der Waals surface area contributed by atoms with Crippen molar-refractivity contribution in [2.24, 2.45) is 0 Å². The summed E-state index contributed by atoms with van der Waals surface area (Å²) in [5, 5.41) is 0. The van der Waals surface area contributed by atoms with Crippen molar-refractivity contribution in [3.05, 3.63) is 108 Å². The zero-order chi connectivity index (χ0) is 16.0. The van der Waals surface area contributed by atoms with Gasteiger partial charge in [-0.25, -0.2) is 0 Å². The first-order chi connectivity index (χ1) is 11.2. The molecule has 0 atom stereocenters. The van der Waals surface area contributed by atoms with Gasteiger partial charge in [-0.1, -0.05) is 0 Å². The summed E-state index contributed by atoms with van der Waals surface area (Å²) in [5.74, 6) is 0. The molecule has 0 saturated carbocycles. The second kappa shape index (κ2) is 7.97. The minimum absolute atomic E-state index is 1.05. The van der Waals surface area contributed by atoms with Gasteiger partial charge in [-0.2, -0.15) is 0 Å². The third-order valence-electron chi connectivity index (χ3n) is 4.09. The standard InChI is InChI=1S/3C7H7.ClH.Ti/c3*1-7-5-3-2-4-6-7;;/h3*2-6H,1H2;1H;/q;;;;+1/p-1. The van der Waals surface area contributed by atoms with Crippen LogP contribution in [-0.4, -0.2) is 0 Å². The fraction of sp³-hybridized carbons (Fsp3) is 0.143. The summed E-state index contributed by atoms with van der Waals surface area (Å²) in [6.45, 7) is 0. The van der Waals surface area contributed by atoms with Gasteiger partial charge in [0.25, 0.3) is 0 Å². The predicted octanol–water partition coefficient (Wildman–Crippen LogP) is 5.89. The van der Waals surface area contributed by atoms with Crippen LogP contribution in [0.2, 0.25) is 0 Å². The zero-order valence-corrected chi connectivity index (χ0v) is 15.5. The van der Waals surface area contributed by atoms with Crippen molar-refractivity contribution < 1.29 is 15.5 Å². The van der Waals surface area contributed by atoms with E-state index in [0.717, 1.165) is 14.2 Å². The fourth-order valence-corrected chi connectivity index (χ4v) is 10.1. The monoisotopic (exact) mass is 356 g/mol. The van der Waals surface area contributed by atoms with E-state index >= 15 is 0 Å². The van der Waals surface area contributed by atoms with Crippen molar-refractivity contribution in [1.82, 2.24) is 0 Å². The molecule has 3 aromatic carbocycles. The quantitative estimate of drug-likeness (QED) is 0.483. The number of hydrogen-bond donors (Lipinski definition) is 0. The molecule has 23 heavy (non-hydrogen) atoms. The molecule has 0 fully saturated rings. The van der Waals surface area contributed by atoms with E-state index in [0.29, 0.717) is 0 Å². The molecule has 0 heterocycles. The van der Waals surface area contributed by atoms with Crippen molar-refractivity contribution in [2.75, 3.05) is 0 Å². The summed E-state index contributed by atoms with van der Waals surface area (Å²) in [6.07, 6.45) is 0. The third kappa shape index (κ3) is 5.07. The van der Waals surface area contributed by atoms with Gasteiger partial charge in [-0.15, -0.1) is 0 Å². The molecule has 0 aliphatic carbocycles. The van der Waals surface area contributed by atoms with E-state index in [-0.39, 0.29) is 0 Å². The van der Waals surface area contributed by atoms with Gasteiger partial charge in [-0.05, 0) is 0 Å². The summed E-state index contributed by atoms with van der Waals surface area (Å²) < 4.78 is 3.14. The van der Waals surface area contributed by atoms with Gasteiger partial charge >= 0.3 is 147 Å². The van der Waals surface area contributed by atoms with Gasteiger partial charge < -0.3 is 0 Å². The Labute approximate surface area is 146 Å². The molecule has 0 bridgehead atoms. The SMILES string of the molecule is [Cl][Ti]([CH2]c1ccccc1)([CH2]c1ccccc1)[CH2]c1ccccc1. The average molecular weight is 357 g/mol. The van der Waals surface area contributed by atoms with E-state index in [1.54, 1.807) is 0 Å². The molecule has 3 rings (SSSR count). The van der Waals surface area contributed by atoms with Crippen molar-refractivity contribution in [2.45, 2.75) is 14.2 Å². The molecular formula is C21H21ClTi. The normalized spacial score (nSPS) is 11.3. The first-order valence-electron chi connectivity index (χ1n) is 8.04. The van der Waals surface area contributed by atoms with Crippen LogP contribution in [-0.2, 0) is 29.7 Å². The Balaban J connectivity index is 1.85. The third-order valence-corrected chi connectivity index (χ3v) is 10.6. The first-order valence-corrected chi connectivity index (χ1v) is 13.5. The van der Waals surface area contributed by atoms with Crippen LogP contribution in [0.25, 0.3) is 0 Å². The number of hydrogen-bond acceptors (Lipinski definition) is 0. The molecule has 0 aromatic heterocycles. The molecule has 2 heteroatoms. The summed E-state index contributed by atoms with van der Waals surface area (Å²) in [5.41, 5.74) is 4.11. The number of rotatable bonds is 6.